The topological polar surface area (TPSA) is 9.23 Å². The van der Waals surface area contributed by atoms with Crippen LogP contribution in [0.1, 0.15) is 6.92 Å². The molecule has 0 bridgehead atoms. The number of ether oxygens (including phenoxy) is 1. The van der Waals surface area contributed by atoms with Crippen molar-refractivity contribution in [3.8, 4) is 9.85 Å². The van der Waals surface area contributed by atoms with Gasteiger partial charge in [-0.1, -0.05) is 5.92 Å². The van der Waals surface area contributed by atoms with Crippen LogP contribution in [0, 0.1) is 9.85 Å². The van der Waals surface area contributed by atoms with Gasteiger partial charge >= 0.3 is 12.4 Å². The van der Waals surface area contributed by atoms with E-state index in [1.807, 2.05) is 5.92 Å². The quantitative estimate of drug-likeness (QED) is 0.424. The molecule has 0 spiro atoms. The fourth-order valence-electron chi connectivity index (χ4n) is 0.532. The average Bonchev–Trinajstić information content (AvgIpc) is 2.00. The largest absolute Gasteiger partial charge is 0.426 e. The van der Waals surface area contributed by atoms with Crippen molar-refractivity contribution >= 4 is 22.6 Å². The molecule has 0 heterocycles. The molecular weight excluding hydrogens is 341 g/mol. The molecule has 0 aliphatic carbocycles. The van der Waals surface area contributed by atoms with Crippen molar-refractivity contribution in [3.05, 3.63) is 0 Å². The van der Waals surface area contributed by atoms with Crippen molar-refractivity contribution in [1.82, 2.24) is 0 Å². The van der Waals surface area contributed by atoms with Gasteiger partial charge in [-0.3, -0.25) is 0 Å². The smallest absolute Gasteiger partial charge is 0.345 e. The highest BCUT2D eigenvalue weighted by Crippen LogP contribution is 2.45. The number of halogens is 7. The Bertz CT molecular complexity index is 256. The van der Waals surface area contributed by atoms with Crippen molar-refractivity contribution in [3.63, 3.8) is 0 Å². The molecule has 0 aliphatic heterocycles. The minimum absolute atomic E-state index is 0.0676. The van der Waals surface area contributed by atoms with Crippen LogP contribution in [0.15, 0.2) is 0 Å². The molecular formula is C7H5F6IO. The van der Waals surface area contributed by atoms with Crippen LogP contribution in [-0.2, 0) is 4.74 Å². The molecule has 0 N–H and O–H groups in total. The summed E-state index contributed by atoms with van der Waals surface area (Å²) < 4.78 is 78.7. The van der Waals surface area contributed by atoms with E-state index in [0.717, 1.165) is 0 Å². The highest BCUT2D eigenvalue weighted by molar-refractivity contribution is 14.1. The fraction of sp³-hybridized carbons (Fsp3) is 0.714. The molecule has 0 aromatic carbocycles. The van der Waals surface area contributed by atoms with Gasteiger partial charge in [-0.15, -0.1) is 0 Å². The first kappa shape index (κ1) is 14.8. The molecule has 0 aromatic rings. The molecule has 0 unspecified atom stereocenters. The zero-order valence-electron chi connectivity index (χ0n) is 7.26. The van der Waals surface area contributed by atoms with Crippen molar-refractivity contribution in [2.45, 2.75) is 24.9 Å². The predicted molar refractivity (Wildman–Crippen MR) is 48.3 cm³/mol. The lowest BCUT2D eigenvalue weighted by atomic mass is 10.1. The number of hydrogen-bond donors (Lipinski definition) is 0. The van der Waals surface area contributed by atoms with Gasteiger partial charge in [0.05, 0.1) is 0 Å². The van der Waals surface area contributed by atoms with Crippen LogP contribution in [-0.4, -0.2) is 24.6 Å². The molecule has 15 heavy (non-hydrogen) atoms. The monoisotopic (exact) mass is 346 g/mol. The maximum absolute atomic E-state index is 12.1. The molecule has 88 valence electrons. The summed E-state index contributed by atoms with van der Waals surface area (Å²) in [6.45, 7) is -1.000. The first-order chi connectivity index (χ1) is 6.56. The molecule has 0 aliphatic rings. The Morgan fingerprint density at radius 3 is 1.73 bits per heavy atom. The molecule has 0 saturated heterocycles. The summed E-state index contributed by atoms with van der Waals surface area (Å²) in [4.78, 5) is 0. The van der Waals surface area contributed by atoms with Crippen molar-refractivity contribution < 1.29 is 31.1 Å². The number of alkyl halides is 6. The Morgan fingerprint density at radius 1 is 1.07 bits per heavy atom. The average molecular weight is 346 g/mol. The third-order valence-corrected chi connectivity index (χ3v) is 1.96. The van der Waals surface area contributed by atoms with Crippen molar-refractivity contribution in [1.29, 1.82) is 0 Å². The second-order valence-electron chi connectivity index (χ2n) is 2.59. The molecule has 0 radical (unpaired) electrons. The third-order valence-electron chi connectivity index (χ3n) is 1.58. The Hall–Kier alpha value is -0.170. The van der Waals surface area contributed by atoms with E-state index in [4.69, 9.17) is 0 Å². The molecule has 0 fully saturated rings. The van der Waals surface area contributed by atoms with Gasteiger partial charge in [0.2, 0.25) is 0 Å². The molecule has 0 saturated carbocycles. The van der Waals surface area contributed by atoms with E-state index in [9.17, 15) is 26.3 Å². The van der Waals surface area contributed by atoms with E-state index in [-0.39, 0.29) is 6.92 Å². The van der Waals surface area contributed by atoms with Gasteiger partial charge in [0, 0.05) is 22.6 Å². The molecule has 8 heteroatoms. The lowest BCUT2D eigenvalue weighted by Crippen LogP contribution is -2.56. The van der Waals surface area contributed by atoms with Gasteiger partial charge in [0.25, 0.3) is 5.60 Å². The summed E-state index contributed by atoms with van der Waals surface area (Å²) in [6, 6.07) is 0. The Labute approximate surface area is 95.3 Å². The van der Waals surface area contributed by atoms with E-state index in [1.165, 1.54) is 22.6 Å². The van der Waals surface area contributed by atoms with Crippen LogP contribution in [0.2, 0.25) is 0 Å². The summed E-state index contributed by atoms with van der Waals surface area (Å²) in [5, 5.41) is 0. The van der Waals surface area contributed by atoms with Gasteiger partial charge < -0.3 is 4.74 Å². The summed E-state index contributed by atoms with van der Waals surface area (Å²) in [5.74, 6) is 1.96. The van der Waals surface area contributed by atoms with Gasteiger partial charge in [-0.25, -0.2) is 0 Å². The Kier molecular flexibility index (Phi) is 4.72. The van der Waals surface area contributed by atoms with E-state index in [2.05, 4.69) is 8.66 Å². The summed E-state index contributed by atoms with van der Waals surface area (Å²) in [7, 11) is 0. The van der Waals surface area contributed by atoms with Crippen LogP contribution in [0.25, 0.3) is 0 Å². The second-order valence-corrected chi connectivity index (χ2v) is 3.13. The van der Waals surface area contributed by atoms with Crippen LogP contribution in [0.3, 0.4) is 0 Å². The van der Waals surface area contributed by atoms with Crippen LogP contribution in [0.5, 0.6) is 0 Å². The lowest BCUT2D eigenvalue weighted by Gasteiger charge is -2.32. The number of hydrogen-bond acceptors (Lipinski definition) is 1. The summed E-state index contributed by atoms with van der Waals surface area (Å²) in [6.07, 6.45) is -11.1. The van der Waals surface area contributed by atoms with E-state index >= 15 is 0 Å². The first-order valence-corrected chi connectivity index (χ1v) is 4.50. The first-order valence-electron chi connectivity index (χ1n) is 3.42. The summed E-state index contributed by atoms with van der Waals surface area (Å²) >= 11 is 1.48. The minimum atomic E-state index is -5.53. The maximum atomic E-state index is 12.1. The van der Waals surface area contributed by atoms with Crippen LogP contribution < -0.4 is 0 Å². The van der Waals surface area contributed by atoms with E-state index < -0.39 is 24.6 Å². The molecule has 0 amide bonds. The molecule has 0 rings (SSSR count). The van der Waals surface area contributed by atoms with E-state index in [1.54, 1.807) is 0 Å². The molecule has 0 atom stereocenters. The third kappa shape index (κ3) is 3.41. The predicted octanol–water partition coefficient (Wildman–Crippen LogP) is 3.28. The normalized spacial score (nSPS) is 13.3. The second kappa shape index (κ2) is 4.78. The maximum Gasteiger partial charge on any atom is 0.426 e. The van der Waals surface area contributed by atoms with Gasteiger partial charge in [-0.2, -0.15) is 26.3 Å². The summed E-state index contributed by atoms with van der Waals surface area (Å²) in [5.41, 5.74) is -4.18. The molecule has 1 nitrogen and oxygen atoms in total. The van der Waals surface area contributed by atoms with Crippen molar-refractivity contribution in [2.24, 2.45) is 0 Å². The van der Waals surface area contributed by atoms with Gasteiger partial charge in [0.15, 0.2) is 0 Å². The zero-order valence-corrected chi connectivity index (χ0v) is 9.42. The van der Waals surface area contributed by atoms with Crippen LogP contribution in [0.4, 0.5) is 26.3 Å². The fourth-order valence-corrected chi connectivity index (χ4v) is 0.688. The standard InChI is InChI=1S/C7H5F6IO/c1-5(6(8,9)10,7(11,12)13)15-4-2-3-14/h4H2,1H3. The van der Waals surface area contributed by atoms with Crippen LogP contribution >= 0.6 is 22.6 Å². The molecule has 0 aromatic heterocycles. The number of rotatable bonds is 2. The Balaban J connectivity index is 4.94. The lowest BCUT2D eigenvalue weighted by molar-refractivity contribution is -0.371. The van der Waals surface area contributed by atoms with Gasteiger partial charge in [0.1, 0.15) is 6.61 Å². The highest BCUT2D eigenvalue weighted by Gasteiger charge is 2.69. The zero-order chi connectivity index (χ0) is 12.3. The van der Waals surface area contributed by atoms with E-state index in [0.29, 0.717) is 0 Å². The highest BCUT2D eigenvalue weighted by atomic mass is 127. The SMILES string of the molecule is CC(OCC#CI)(C(F)(F)F)C(F)(F)F. The van der Waals surface area contributed by atoms with Gasteiger partial charge in [-0.05, 0) is 10.9 Å². The van der Waals surface area contributed by atoms with Crippen molar-refractivity contribution in [2.75, 3.05) is 6.61 Å². The Morgan fingerprint density at radius 2 is 1.47 bits per heavy atom. The minimum Gasteiger partial charge on any atom is -0.345 e.